The first-order chi connectivity index (χ1) is 9.99. The van der Waals surface area contributed by atoms with Crippen LogP contribution >= 0.6 is 15.9 Å². The summed E-state index contributed by atoms with van der Waals surface area (Å²) in [7, 11) is 0. The quantitative estimate of drug-likeness (QED) is 0.849. The lowest BCUT2D eigenvalue weighted by Gasteiger charge is -2.18. The van der Waals surface area contributed by atoms with Crippen LogP contribution in [-0.2, 0) is 4.79 Å². The number of benzene rings is 1. The Kier molecular flexibility index (Phi) is 5.65. The highest BCUT2D eigenvalue weighted by Gasteiger charge is 2.31. The van der Waals surface area contributed by atoms with E-state index in [1.54, 1.807) is 0 Å². The van der Waals surface area contributed by atoms with Crippen LogP contribution in [0.2, 0.25) is 0 Å². The van der Waals surface area contributed by atoms with Gasteiger partial charge in [0.2, 0.25) is 5.91 Å². The van der Waals surface area contributed by atoms with E-state index >= 15 is 0 Å². The minimum atomic E-state index is 0.0310. The third kappa shape index (κ3) is 4.45. The van der Waals surface area contributed by atoms with Crippen LogP contribution in [0, 0.1) is 11.8 Å². The van der Waals surface area contributed by atoms with E-state index in [9.17, 15) is 4.79 Å². The molecule has 0 aromatic heterocycles. The van der Waals surface area contributed by atoms with Crippen molar-refractivity contribution in [3.8, 4) is 5.75 Å². The third-order valence-corrected chi connectivity index (χ3v) is 4.27. The van der Waals surface area contributed by atoms with Gasteiger partial charge in [-0.1, -0.05) is 22.4 Å². The van der Waals surface area contributed by atoms with Gasteiger partial charge in [-0.15, -0.1) is 0 Å². The maximum atomic E-state index is 12.4. The first-order valence-corrected chi connectivity index (χ1v) is 8.27. The molecule has 0 spiro atoms. The average Bonchev–Trinajstić information content (AvgIpc) is 2.85. The van der Waals surface area contributed by atoms with E-state index in [1.807, 2.05) is 32.0 Å². The number of rotatable bonds is 5. The first kappa shape index (κ1) is 16.3. The zero-order valence-electron chi connectivity index (χ0n) is 12.6. The van der Waals surface area contributed by atoms with Gasteiger partial charge in [0.25, 0.3) is 0 Å². The Labute approximate surface area is 134 Å². The number of halogens is 1. The van der Waals surface area contributed by atoms with Gasteiger partial charge in [0.15, 0.2) is 0 Å². The number of hydrogen-bond acceptors (Lipinski definition) is 3. The van der Waals surface area contributed by atoms with Crippen LogP contribution in [0.25, 0.3) is 0 Å². The van der Waals surface area contributed by atoms with Gasteiger partial charge in [0.05, 0.1) is 6.10 Å². The molecular weight excluding hydrogens is 332 g/mol. The van der Waals surface area contributed by atoms with Gasteiger partial charge in [-0.05, 0) is 51.3 Å². The molecule has 4 nitrogen and oxygen atoms in total. The molecule has 1 saturated carbocycles. The molecule has 21 heavy (non-hydrogen) atoms. The van der Waals surface area contributed by atoms with E-state index in [-0.39, 0.29) is 17.9 Å². The van der Waals surface area contributed by atoms with Crippen LogP contribution in [0.5, 0.6) is 5.75 Å². The maximum absolute atomic E-state index is 12.4. The molecule has 1 aliphatic rings. The predicted molar refractivity (Wildman–Crippen MR) is 88.4 cm³/mol. The predicted octanol–water partition coefficient (Wildman–Crippen LogP) is 3.55. The van der Waals surface area contributed by atoms with E-state index in [2.05, 4.69) is 21.2 Å². The Morgan fingerprint density at radius 2 is 2.19 bits per heavy atom. The summed E-state index contributed by atoms with van der Waals surface area (Å²) in [5, 5.41) is 3.00. The SMILES string of the molecule is CC(C)Oc1cc(Br)cc(NC(=O)[C@@H]2CCC[C@@H]2CN)c1. The van der Waals surface area contributed by atoms with E-state index in [0.29, 0.717) is 12.5 Å². The summed E-state index contributed by atoms with van der Waals surface area (Å²) >= 11 is 3.45. The summed E-state index contributed by atoms with van der Waals surface area (Å²) in [5.41, 5.74) is 6.51. The zero-order chi connectivity index (χ0) is 15.4. The summed E-state index contributed by atoms with van der Waals surface area (Å²) in [5.74, 6) is 1.15. The molecule has 1 aromatic rings. The molecule has 0 bridgehead atoms. The first-order valence-electron chi connectivity index (χ1n) is 7.47. The lowest BCUT2D eigenvalue weighted by molar-refractivity contribution is -0.120. The van der Waals surface area contributed by atoms with Crippen LogP contribution in [0.1, 0.15) is 33.1 Å². The maximum Gasteiger partial charge on any atom is 0.227 e. The van der Waals surface area contributed by atoms with Gasteiger partial charge in [0, 0.05) is 22.1 Å². The minimum Gasteiger partial charge on any atom is -0.491 e. The lowest BCUT2D eigenvalue weighted by atomic mass is 9.95. The number of carbonyl (C=O) groups is 1. The second-order valence-corrected chi connectivity index (χ2v) is 6.78. The minimum absolute atomic E-state index is 0.0310. The second kappa shape index (κ2) is 7.27. The summed E-state index contributed by atoms with van der Waals surface area (Å²) < 4.78 is 6.57. The van der Waals surface area contributed by atoms with Gasteiger partial charge in [-0.3, -0.25) is 4.79 Å². The Morgan fingerprint density at radius 1 is 1.43 bits per heavy atom. The van der Waals surface area contributed by atoms with Crippen molar-refractivity contribution >= 4 is 27.5 Å². The van der Waals surface area contributed by atoms with Crippen molar-refractivity contribution < 1.29 is 9.53 Å². The molecule has 1 aromatic carbocycles. The standard InChI is InChI=1S/C16H23BrN2O2/c1-10(2)21-14-7-12(17)6-13(8-14)19-16(20)15-5-3-4-11(15)9-18/h6-8,10-11,15H,3-5,9,18H2,1-2H3,(H,19,20)/t11-,15-/m1/s1. The van der Waals surface area contributed by atoms with Crippen LogP contribution in [-0.4, -0.2) is 18.6 Å². The smallest absolute Gasteiger partial charge is 0.227 e. The van der Waals surface area contributed by atoms with Crippen molar-refractivity contribution in [3.05, 3.63) is 22.7 Å². The highest BCUT2D eigenvalue weighted by molar-refractivity contribution is 9.10. The van der Waals surface area contributed by atoms with Crippen LogP contribution in [0.15, 0.2) is 22.7 Å². The molecule has 1 aliphatic carbocycles. The molecule has 1 fully saturated rings. The van der Waals surface area contributed by atoms with Gasteiger partial charge in [-0.25, -0.2) is 0 Å². The van der Waals surface area contributed by atoms with Gasteiger partial charge < -0.3 is 15.8 Å². The highest BCUT2D eigenvalue weighted by Crippen LogP contribution is 2.32. The van der Waals surface area contributed by atoms with E-state index < -0.39 is 0 Å². The molecule has 3 N–H and O–H groups in total. The van der Waals surface area contributed by atoms with Crippen molar-refractivity contribution in [2.24, 2.45) is 17.6 Å². The average molecular weight is 355 g/mol. The van der Waals surface area contributed by atoms with E-state index in [1.165, 1.54) is 0 Å². The third-order valence-electron chi connectivity index (χ3n) is 3.81. The Bertz CT molecular complexity index is 505. The van der Waals surface area contributed by atoms with Gasteiger partial charge in [0.1, 0.15) is 5.75 Å². The van der Waals surface area contributed by atoms with Crippen LogP contribution < -0.4 is 15.8 Å². The molecule has 0 saturated heterocycles. The largest absolute Gasteiger partial charge is 0.491 e. The number of ether oxygens (including phenoxy) is 1. The van der Waals surface area contributed by atoms with E-state index in [0.717, 1.165) is 35.2 Å². The zero-order valence-corrected chi connectivity index (χ0v) is 14.2. The lowest BCUT2D eigenvalue weighted by Crippen LogP contribution is -2.29. The number of anilines is 1. The molecule has 116 valence electrons. The molecule has 2 atom stereocenters. The summed E-state index contributed by atoms with van der Waals surface area (Å²) in [4.78, 5) is 12.4. The fourth-order valence-corrected chi connectivity index (χ4v) is 3.35. The second-order valence-electron chi connectivity index (χ2n) is 5.86. The van der Waals surface area contributed by atoms with Crippen molar-refractivity contribution in [1.29, 1.82) is 0 Å². The van der Waals surface area contributed by atoms with Gasteiger partial charge in [-0.2, -0.15) is 0 Å². The van der Waals surface area contributed by atoms with Crippen LogP contribution in [0.4, 0.5) is 5.69 Å². The molecule has 2 rings (SSSR count). The van der Waals surface area contributed by atoms with Crippen molar-refractivity contribution in [3.63, 3.8) is 0 Å². The molecule has 5 heteroatoms. The Balaban J connectivity index is 2.08. The summed E-state index contributed by atoms with van der Waals surface area (Å²) in [6.07, 6.45) is 3.16. The number of nitrogens with one attached hydrogen (secondary N) is 1. The van der Waals surface area contributed by atoms with Crippen molar-refractivity contribution in [2.75, 3.05) is 11.9 Å². The fourth-order valence-electron chi connectivity index (χ4n) is 2.87. The Hall–Kier alpha value is -1.07. The molecule has 0 unspecified atom stereocenters. The molecular formula is C16H23BrN2O2. The number of nitrogens with two attached hydrogens (primary N) is 1. The fraction of sp³-hybridized carbons (Fsp3) is 0.562. The van der Waals surface area contributed by atoms with Crippen LogP contribution in [0.3, 0.4) is 0 Å². The number of hydrogen-bond donors (Lipinski definition) is 2. The Morgan fingerprint density at radius 3 is 2.86 bits per heavy atom. The molecule has 0 aliphatic heterocycles. The summed E-state index contributed by atoms with van der Waals surface area (Å²) in [6, 6.07) is 5.64. The number of amides is 1. The summed E-state index contributed by atoms with van der Waals surface area (Å²) in [6.45, 7) is 4.53. The number of carbonyl (C=O) groups excluding carboxylic acids is 1. The topological polar surface area (TPSA) is 64.3 Å². The molecule has 0 heterocycles. The van der Waals surface area contributed by atoms with Crippen molar-refractivity contribution in [1.82, 2.24) is 0 Å². The van der Waals surface area contributed by atoms with Crippen molar-refractivity contribution in [2.45, 2.75) is 39.2 Å². The highest BCUT2D eigenvalue weighted by atomic mass is 79.9. The van der Waals surface area contributed by atoms with E-state index in [4.69, 9.17) is 10.5 Å². The van der Waals surface area contributed by atoms with Gasteiger partial charge >= 0.3 is 0 Å². The molecule has 1 amide bonds. The normalized spacial score (nSPS) is 21.6. The molecule has 0 radical (unpaired) electrons. The monoisotopic (exact) mass is 354 g/mol.